The summed E-state index contributed by atoms with van der Waals surface area (Å²) in [4.78, 5) is 16.8. The Balaban J connectivity index is 1.51. The molecule has 4 aromatic rings. The van der Waals surface area contributed by atoms with Crippen molar-refractivity contribution in [2.75, 3.05) is 12.3 Å². The first kappa shape index (κ1) is 22.3. The molecule has 1 amide bonds. The van der Waals surface area contributed by atoms with Crippen molar-refractivity contribution in [1.29, 1.82) is 0 Å². The average Bonchev–Trinajstić information content (AvgIpc) is 3.10. The predicted molar refractivity (Wildman–Crippen MR) is 131 cm³/mol. The molecule has 2 aromatic carbocycles. The third kappa shape index (κ3) is 5.27. The van der Waals surface area contributed by atoms with Crippen LogP contribution in [0.15, 0.2) is 53.7 Å². The van der Waals surface area contributed by atoms with Crippen LogP contribution in [0, 0.1) is 12.8 Å². The van der Waals surface area contributed by atoms with Gasteiger partial charge in [0.25, 0.3) is 0 Å². The summed E-state index contributed by atoms with van der Waals surface area (Å²) in [5.74, 6) is 1.35. The molecular formula is C25H29N5OS. The number of hydrogen-bond acceptors (Lipinski definition) is 5. The van der Waals surface area contributed by atoms with Crippen LogP contribution in [0.4, 0.5) is 0 Å². The number of carbonyl (C=O) groups is 1. The molecule has 0 fully saturated rings. The third-order valence-electron chi connectivity index (χ3n) is 5.30. The fourth-order valence-electron chi connectivity index (χ4n) is 3.59. The second-order valence-electron chi connectivity index (χ2n) is 8.51. The molecule has 166 valence electrons. The normalized spacial score (nSPS) is 11.5. The van der Waals surface area contributed by atoms with E-state index in [0.717, 1.165) is 47.3 Å². The van der Waals surface area contributed by atoms with Crippen LogP contribution in [0.2, 0.25) is 0 Å². The molecular weight excluding hydrogens is 418 g/mol. The summed E-state index contributed by atoms with van der Waals surface area (Å²) >= 11 is 1.55. The lowest BCUT2D eigenvalue weighted by atomic mass is 10.1. The quantitative estimate of drug-likeness (QED) is 0.289. The number of benzene rings is 2. The predicted octanol–water partition coefficient (Wildman–Crippen LogP) is 4.98. The molecule has 0 spiro atoms. The summed E-state index contributed by atoms with van der Waals surface area (Å²) < 4.78 is 2.22. The fourth-order valence-corrected chi connectivity index (χ4v) is 4.31. The van der Waals surface area contributed by atoms with E-state index in [1.807, 2.05) is 12.1 Å². The van der Waals surface area contributed by atoms with Crippen LogP contribution in [-0.2, 0) is 11.3 Å². The highest BCUT2D eigenvalue weighted by molar-refractivity contribution is 7.99. The van der Waals surface area contributed by atoms with Gasteiger partial charge in [-0.1, -0.05) is 73.6 Å². The van der Waals surface area contributed by atoms with Gasteiger partial charge in [0, 0.05) is 30.6 Å². The third-order valence-corrected chi connectivity index (χ3v) is 6.23. The van der Waals surface area contributed by atoms with E-state index in [1.54, 1.807) is 11.8 Å². The zero-order chi connectivity index (χ0) is 22.5. The van der Waals surface area contributed by atoms with Gasteiger partial charge in [0.15, 0.2) is 5.65 Å². The van der Waals surface area contributed by atoms with Gasteiger partial charge in [-0.15, -0.1) is 10.2 Å². The molecule has 0 aliphatic heterocycles. The van der Waals surface area contributed by atoms with Crippen molar-refractivity contribution in [1.82, 2.24) is 25.1 Å². The number of nitrogens with one attached hydrogen (secondary N) is 1. The number of hydrogen-bond donors (Lipinski definition) is 1. The van der Waals surface area contributed by atoms with Crippen molar-refractivity contribution in [3.05, 3.63) is 59.7 Å². The van der Waals surface area contributed by atoms with Crippen LogP contribution in [0.5, 0.6) is 0 Å². The van der Waals surface area contributed by atoms with Gasteiger partial charge in [-0.3, -0.25) is 4.79 Å². The first-order valence-electron chi connectivity index (χ1n) is 11.1. The van der Waals surface area contributed by atoms with Crippen molar-refractivity contribution >= 4 is 39.7 Å². The molecule has 7 heteroatoms. The Bertz CT molecular complexity index is 1220. The summed E-state index contributed by atoms with van der Waals surface area (Å²) in [5.41, 5.74) is 5.24. The zero-order valence-electron chi connectivity index (χ0n) is 18.8. The van der Waals surface area contributed by atoms with Crippen molar-refractivity contribution in [3.63, 3.8) is 0 Å². The number of aryl methyl sites for hydroxylation is 1. The number of thioether (sulfide) groups is 1. The maximum Gasteiger partial charge on any atom is 0.220 e. The van der Waals surface area contributed by atoms with E-state index in [0.29, 0.717) is 17.5 Å². The van der Waals surface area contributed by atoms with Crippen LogP contribution in [0.3, 0.4) is 0 Å². The van der Waals surface area contributed by atoms with Gasteiger partial charge in [-0.05, 0) is 30.9 Å². The smallest absolute Gasteiger partial charge is 0.220 e. The van der Waals surface area contributed by atoms with Gasteiger partial charge in [-0.25, -0.2) is 4.98 Å². The van der Waals surface area contributed by atoms with E-state index in [-0.39, 0.29) is 5.91 Å². The molecule has 0 radical (unpaired) electrons. The van der Waals surface area contributed by atoms with Crippen molar-refractivity contribution in [3.8, 4) is 0 Å². The minimum absolute atomic E-state index is 0.104. The summed E-state index contributed by atoms with van der Waals surface area (Å²) in [6.45, 7) is 7.73. The zero-order valence-corrected chi connectivity index (χ0v) is 19.7. The number of amides is 1. The van der Waals surface area contributed by atoms with E-state index < -0.39 is 0 Å². The molecule has 1 N–H and O–H groups in total. The molecule has 4 rings (SSSR count). The van der Waals surface area contributed by atoms with E-state index in [1.165, 1.54) is 11.1 Å². The SMILES string of the molecule is Cc1ccc(Cn2c3ccccc3c3nnc(SCCCC(=O)NCC(C)C)nc32)cc1. The van der Waals surface area contributed by atoms with Crippen LogP contribution >= 0.6 is 11.8 Å². The van der Waals surface area contributed by atoms with Crippen molar-refractivity contribution in [2.24, 2.45) is 5.92 Å². The lowest BCUT2D eigenvalue weighted by Crippen LogP contribution is -2.27. The lowest BCUT2D eigenvalue weighted by Gasteiger charge is -2.08. The molecule has 32 heavy (non-hydrogen) atoms. The van der Waals surface area contributed by atoms with Crippen LogP contribution in [0.1, 0.15) is 37.8 Å². The van der Waals surface area contributed by atoms with Gasteiger partial charge in [0.05, 0.1) is 5.52 Å². The van der Waals surface area contributed by atoms with Crippen molar-refractivity contribution < 1.29 is 4.79 Å². The highest BCUT2D eigenvalue weighted by Gasteiger charge is 2.15. The number of fused-ring (bicyclic) bond motifs is 3. The Morgan fingerprint density at radius 3 is 2.66 bits per heavy atom. The van der Waals surface area contributed by atoms with Gasteiger partial charge < -0.3 is 9.88 Å². The van der Waals surface area contributed by atoms with Crippen LogP contribution < -0.4 is 5.32 Å². The fraction of sp³-hybridized carbons (Fsp3) is 0.360. The molecule has 0 atom stereocenters. The number of para-hydroxylation sites is 1. The highest BCUT2D eigenvalue weighted by Crippen LogP contribution is 2.28. The first-order valence-corrected chi connectivity index (χ1v) is 12.1. The molecule has 0 saturated heterocycles. The molecule has 2 aromatic heterocycles. The lowest BCUT2D eigenvalue weighted by molar-refractivity contribution is -0.121. The summed E-state index contributed by atoms with van der Waals surface area (Å²) in [5, 5.41) is 13.5. The number of rotatable bonds is 9. The summed E-state index contributed by atoms with van der Waals surface area (Å²) in [6.07, 6.45) is 1.30. The Morgan fingerprint density at radius 2 is 1.88 bits per heavy atom. The molecule has 0 aliphatic carbocycles. The standard InChI is InChI=1S/C25H29N5OS/c1-17(2)15-26-22(31)9-6-14-32-25-27-24-23(28-29-25)20-7-4-5-8-21(20)30(24)16-19-12-10-18(3)11-13-19/h4-5,7-8,10-13,17H,6,9,14-16H2,1-3H3,(H,26,31). The highest BCUT2D eigenvalue weighted by atomic mass is 32.2. The van der Waals surface area contributed by atoms with E-state index >= 15 is 0 Å². The Kier molecular flexibility index (Phi) is 7.05. The number of aromatic nitrogens is 4. The van der Waals surface area contributed by atoms with E-state index in [4.69, 9.17) is 4.98 Å². The molecule has 6 nitrogen and oxygen atoms in total. The first-order chi connectivity index (χ1) is 15.5. The molecule has 2 heterocycles. The van der Waals surface area contributed by atoms with E-state index in [2.05, 4.69) is 77.3 Å². The van der Waals surface area contributed by atoms with Gasteiger partial charge in [0.1, 0.15) is 5.52 Å². The summed E-state index contributed by atoms with van der Waals surface area (Å²) in [7, 11) is 0. The monoisotopic (exact) mass is 447 g/mol. The second kappa shape index (κ2) is 10.1. The minimum Gasteiger partial charge on any atom is -0.356 e. The minimum atomic E-state index is 0.104. The Hall–Kier alpha value is -2.93. The molecule has 0 aliphatic rings. The Morgan fingerprint density at radius 1 is 1.09 bits per heavy atom. The van der Waals surface area contributed by atoms with Gasteiger partial charge in [-0.2, -0.15) is 0 Å². The summed E-state index contributed by atoms with van der Waals surface area (Å²) in [6, 6.07) is 16.8. The maximum atomic E-state index is 11.9. The number of nitrogens with zero attached hydrogens (tertiary/aromatic N) is 4. The van der Waals surface area contributed by atoms with Crippen LogP contribution in [0.25, 0.3) is 22.1 Å². The molecule has 0 saturated carbocycles. The largest absolute Gasteiger partial charge is 0.356 e. The van der Waals surface area contributed by atoms with Crippen molar-refractivity contribution in [2.45, 2.75) is 45.3 Å². The van der Waals surface area contributed by atoms with Gasteiger partial charge in [0.2, 0.25) is 11.1 Å². The average molecular weight is 448 g/mol. The van der Waals surface area contributed by atoms with Gasteiger partial charge >= 0.3 is 0 Å². The van der Waals surface area contributed by atoms with Crippen LogP contribution in [-0.4, -0.2) is 38.0 Å². The van der Waals surface area contributed by atoms with E-state index in [9.17, 15) is 4.79 Å². The molecule has 0 unspecified atom stereocenters. The second-order valence-corrected chi connectivity index (χ2v) is 9.57. The Labute approximate surface area is 192 Å². The molecule has 0 bridgehead atoms. The maximum absolute atomic E-state index is 11.9. The topological polar surface area (TPSA) is 72.7 Å². The number of carbonyl (C=O) groups excluding carboxylic acids is 1.